The number of carboxylic acid groups (broad SMARTS) is 1. The Morgan fingerprint density at radius 3 is 2.37 bits per heavy atom. The lowest BCUT2D eigenvalue weighted by Crippen LogP contribution is -1.95. The van der Waals surface area contributed by atoms with Crippen LogP contribution in [0.4, 0.5) is 4.39 Å². The van der Waals surface area contributed by atoms with Crippen LogP contribution in [0.15, 0.2) is 79.1 Å². The van der Waals surface area contributed by atoms with Gasteiger partial charge in [0.1, 0.15) is 17.3 Å². The highest BCUT2D eigenvalue weighted by atomic mass is 19.1. The molecule has 0 saturated carbocycles. The van der Waals surface area contributed by atoms with Gasteiger partial charge in [0.15, 0.2) is 0 Å². The first kappa shape index (κ1) is 19.3. The molecule has 0 saturated heterocycles. The van der Waals surface area contributed by atoms with Gasteiger partial charge in [0.25, 0.3) is 0 Å². The van der Waals surface area contributed by atoms with E-state index in [1.165, 1.54) is 18.2 Å². The van der Waals surface area contributed by atoms with Crippen LogP contribution >= 0.6 is 0 Å². The zero-order chi connectivity index (χ0) is 21.1. The Bertz CT molecular complexity index is 1210. The van der Waals surface area contributed by atoms with E-state index in [-0.39, 0.29) is 5.56 Å². The molecule has 0 aliphatic carbocycles. The average Bonchev–Trinajstić information content (AvgIpc) is 2.75. The quantitative estimate of drug-likeness (QED) is 0.462. The molecule has 30 heavy (non-hydrogen) atoms. The maximum atomic E-state index is 14.8. The maximum absolute atomic E-state index is 14.8. The van der Waals surface area contributed by atoms with E-state index in [0.717, 1.165) is 5.69 Å². The molecule has 4 aromatic rings. The minimum absolute atomic E-state index is 0.174. The predicted molar refractivity (Wildman–Crippen MR) is 111 cm³/mol. The van der Waals surface area contributed by atoms with E-state index in [9.17, 15) is 9.18 Å². The fraction of sp³-hybridized carbons (Fsp3) is 0.0417. The highest BCUT2D eigenvalue weighted by Crippen LogP contribution is 2.35. The zero-order valence-corrected chi connectivity index (χ0v) is 16.0. The number of rotatable bonds is 5. The number of hydrogen-bond donors (Lipinski definition) is 1. The summed E-state index contributed by atoms with van der Waals surface area (Å²) in [6, 6.07) is 18.3. The monoisotopic (exact) mass is 400 g/mol. The van der Waals surface area contributed by atoms with Crippen molar-refractivity contribution < 1.29 is 19.0 Å². The van der Waals surface area contributed by atoms with Crippen molar-refractivity contribution in [2.75, 3.05) is 0 Å². The second kappa shape index (κ2) is 8.13. The van der Waals surface area contributed by atoms with E-state index < -0.39 is 11.8 Å². The van der Waals surface area contributed by atoms with Crippen molar-refractivity contribution in [1.29, 1.82) is 0 Å². The number of aromatic carboxylic acids is 1. The molecule has 6 heteroatoms. The van der Waals surface area contributed by atoms with E-state index >= 15 is 0 Å². The highest BCUT2D eigenvalue weighted by Gasteiger charge is 2.12. The van der Waals surface area contributed by atoms with Crippen LogP contribution in [0.5, 0.6) is 11.5 Å². The molecule has 1 N–H and O–H groups in total. The van der Waals surface area contributed by atoms with E-state index in [1.807, 2.05) is 25.1 Å². The first-order chi connectivity index (χ1) is 14.5. The third kappa shape index (κ3) is 4.03. The number of aromatic nitrogens is 2. The maximum Gasteiger partial charge on any atom is 0.335 e. The second-order valence-electron chi connectivity index (χ2n) is 6.67. The molecule has 0 fully saturated rings. The van der Waals surface area contributed by atoms with Crippen LogP contribution in [0.25, 0.3) is 22.4 Å². The summed E-state index contributed by atoms with van der Waals surface area (Å²) < 4.78 is 20.8. The van der Waals surface area contributed by atoms with E-state index in [0.29, 0.717) is 33.9 Å². The van der Waals surface area contributed by atoms with E-state index in [2.05, 4.69) is 9.97 Å². The molecule has 0 spiro atoms. The van der Waals surface area contributed by atoms with E-state index in [1.54, 1.807) is 42.7 Å². The lowest BCUT2D eigenvalue weighted by Gasteiger charge is -2.12. The van der Waals surface area contributed by atoms with Gasteiger partial charge in [-0.25, -0.2) is 9.18 Å². The fourth-order valence-corrected chi connectivity index (χ4v) is 3.01. The van der Waals surface area contributed by atoms with Crippen molar-refractivity contribution in [3.05, 3.63) is 96.2 Å². The molecule has 0 radical (unpaired) electrons. The van der Waals surface area contributed by atoms with Gasteiger partial charge in [-0.3, -0.25) is 9.97 Å². The van der Waals surface area contributed by atoms with Gasteiger partial charge < -0.3 is 9.84 Å². The molecule has 0 atom stereocenters. The lowest BCUT2D eigenvalue weighted by molar-refractivity contribution is 0.0697. The van der Waals surface area contributed by atoms with Crippen LogP contribution in [-0.4, -0.2) is 21.0 Å². The number of ether oxygens (including phenoxy) is 1. The van der Waals surface area contributed by atoms with Gasteiger partial charge in [-0.2, -0.15) is 0 Å². The summed E-state index contributed by atoms with van der Waals surface area (Å²) in [6.07, 6.45) is 3.15. The zero-order valence-electron chi connectivity index (χ0n) is 16.0. The minimum Gasteiger partial charge on any atom is -0.478 e. The van der Waals surface area contributed by atoms with Gasteiger partial charge >= 0.3 is 5.97 Å². The molecule has 0 aliphatic heterocycles. The highest BCUT2D eigenvalue weighted by molar-refractivity contribution is 5.87. The SMILES string of the molecule is Cc1cnc(-c2ccc(-c3ccccc3Oc3ccc(C(=O)O)cc3)cc2F)cn1. The number of halogens is 1. The van der Waals surface area contributed by atoms with Gasteiger partial charge in [0.2, 0.25) is 0 Å². The van der Waals surface area contributed by atoms with Crippen LogP contribution < -0.4 is 4.74 Å². The molecule has 5 nitrogen and oxygen atoms in total. The van der Waals surface area contributed by atoms with E-state index in [4.69, 9.17) is 9.84 Å². The Kier molecular flexibility index (Phi) is 5.22. The van der Waals surface area contributed by atoms with Crippen molar-refractivity contribution >= 4 is 5.97 Å². The van der Waals surface area contributed by atoms with Gasteiger partial charge in [0, 0.05) is 17.3 Å². The molecule has 3 aromatic carbocycles. The number of para-hydroxylation sites is 1. The topological polar surface area (TPSA) is 72.3 Å². The molecule has 0 bridgehead atoms. The number of carboxylic acids is 1. The summed E-state index contributed by atoms with van der Waals surface area (Å²) >= 11 is 0. The lowest BCUT2D eigenvalue weighted by atomic mass is 10.0. The summed E-state index contributed by atoms with van der Waals surface area (Å²) in [5.41, 5.74) is 3.13. The summed E-state index contributed by atoms with van der Waals surface area (Å²) in [5.74, 6) is -0.399. The van der Waals surface area contributed by atoms with Crippen molar-refractivity contribution in [3.63, 3.8) is 0 Å². The van der Waals surface area contributed by atoms with Gasteiger partial charge in [-0.1, -0.05) is 24.3 Å². The number of nitrogens with zero attached hydrogens (tertiary/aromatic N) is 2. The van der Waals surface area contributed by atoms with Crippen LogP contribution in [0.1, 0.15) is 16.1 Å². The number of carbonyl (C=O) groups is 1. The van der Waals surface area contributed by atoms with Crippen LogP contribution in [0.3, 0.4) is 0 Å². The molecule has 0 amide bonds. The first-order valence-electron chi connectivity index (χ1n) is 9.20. The predicted octanol–water partition coefficient (Wildman–Crippen LogP) is 5.75. The largest absolute Gasteiger partial charge is 0.478 e. The van der Waals surface area contributed by atoms with Crippen molar-refractivity contribution in [2.24, 2.45) is 0 Å². The third-order valence-corrected chi connectivity index (χ3v) is 4.55. The van der Waals surface area contributed by atoms with Crippen molar-refractivity contribution in [3.8, 4) is 33.9 Å². The Hall–Kier alpha value is -4.06. The Morgan fingerprint density at radius 2 is 1.70 bits per heavy atom. The Morgan fingerprint density at radius 1 is 0.933 bits per heavy atom. The molecular formula is C24H17FN2O3. The molecule has 0 unspecified atom stereocenters. The van der Waals surface area contributed by atoms with Gasteiger partial charge in [0.05, 0.1) is 23.1 Å². The smallest absolute Gasteiger partial charge is 0.335 e. The molecule has 4 rings (SSSR count). The Labute approximate surface area is 172 Å². The van der Waals surface area contributed by atoms with Gasteiger partial charge in [-0.05, 0) is 55.0 Å². The molecule has 1 aromatic heterocycles. The average molecular weight is 400 g/mol. The minimum atomic E-state index is -1.00. The summed E-state index contributed by atoms with van der Waals surface area (Å²) in [4.78, 5) is 19.4. The summed E-state index contributed by atoms with van der Waals surface area (Å²) in [7, 11) is 0. The van der Waals surface area contributed by atoms with Crippen LogP contribution in [-0.2, 0) is 0 Å². The normalized spacial score (nSPS) is 10.6. The Balaban J connectivity index is 1.65. The van der Waals surface area contributed by atoms with Gasteiger partial charge in [-0.15, -0.1) is 0 Å². The number of hydrogen-bond acceptors (Lipinski definition) is 4. The third-order valence-electron chi connectivity index (χ3n) is 4.55. The van der Waals surface area contributed by atoms with Crippen LogP contribution in [0.2, 0.25) is 0 Å². The van der Waals surface area contributed by atoms with Crippen molar-refractivity contribution in [1.82, 2.24) is 9.97 Å². The summed E-state index contributed by atoms with van der Waals surface area (Å²) in [5, 5.41) is 9.02. The fourth-order valence-electron chi connectivity index (χ4n) is 3.01. The molecular weight excluding hydrogens is 383 g/mol. The standard InChI is InChI=1S/C24H17FN2O3/c1-15-13-27-22(14-26-15)20-11-8-17(12-21(20)25)19-4-2-3-5-23(19)30-18-9-6-16(7-10-18)24(28)29/h2-14H,1H3,(H,28,29). The van der Waals surface area contributed by atoms with Crippen molar-refractivity contribution in [2.45, 2.75) is 6.92 Å². The first-order valence-corrected chi connectivity index (χ1v) is 9.20. The molecule has 1 heterocycles. The summed E-state index contributed by atoms with van der Waals surface area (Å²) in [6.45, 7) is 1.82. The number of benzene rings is 3. The molecule has 0 aliphatic rings. The molecule has 148 valence electrons. The second-order valence-corrected chi connectivity index (χ2v) is 6.67. The number of aryl methyl sites for hydroxylation is 1. The van der Waals surface area contributed by atoms with Crippen LogP contribution in [0, 0.1) is 12.7 Å².